The average molecular weight is 236 g/mol. The molecule has 1 N–H and O–H groups in total. The topological polar surface area (TPSA) is 33.1 Å². The van der Waals surface area contributed by atoms with Crippen LogP contribution >= 0.6 is 0 Å². The summed E-state index contributed by atoms with van der Waals surface area (Å²) in [6.07, 6.45) is 6.24. The molecule has 0 aliphatic carbocycles. The number of hydrogen-bond donors (Lipinski definition) is 1. The Kier molecular flexibility index (Phi) is 4.57. The molecule has 96 valence electrons. The molecule has 0 amide bonds. The van der Waals surface area contributed by atoms with E-state index in [2.05, 4.69) is 33.7 Å². The predicted octanol–water partition coefficient (Wildman–Crippen LogP) is 0.894. The summed E-state index contributed by atoms with van der Waals surface area (Å²) in [7, 11) is 2.05. The first-order chi connectivity index (χ1) is 8.29. The van der Waals surface area contributed by atoms with Gasteiger partial charge in [0.1, 0.15) is 5.82 Å². The molecule has 0 saturated carbocycles. The van der Waals surface area contributed by atoms with E-state index < -0.39 is 0 Å². The van der Waals surface area contributed by atoms with E-state index in [1.54, 1.807) is 0 Å². The Morgan fingerprint density at radius 2 is 2.41 bits per heavy atom. The third-order valence-corrected chi connectivity index (χ3v) is 3.70. The van der Waals surface area contributed by atoms with Crippen LogP contribution < -0.4 is 5.32 Å². The van der Waals surface area contributed by atoms with Gasteiger partial charge in [-0.25, -0.2) is 4.98 Å². The number of rotatable bonds is 6. The van der Waals surface area contributed by atoms with Crippen molar-refractivity contribution >= 4 is 0 Å². The molecular weight excluding hydrogens is 212 g/mol. The van der Waals surface area contributed by atoms with Crippen molar-refractivity contribution in [2.45, 2.75) is 19.8 Å². The molecular formula is C13H24N4. The molecule has 1 aromatic rings. The molecule has 1 unspecified atom stereocenters. The van der Waals surface area contributed by atoms with Gasteiger partial charge in [0.25, 0.3) is 0 Å². The van der Waals surface area contributed by atoms with Crippen LogP contribution in [0.4, 0.5) is 0 Å². The van der Waals surface area contributed by atoms with Crippen LogP contribution in [0.2, 0.25) is 0 Å². The highest BCUT2D eigenvalue weighted by molar-refractivity contribution is 4.91. The van der Waals surface area contributed by atoms with E-state index in [-0.39, 0.29) is 0 Å². The van der Waals surface area contributed by atoms with E-state index in [9.17, 15) is 0 Å². The highest BCUT2D eigenvalue weighted by Gasteiger charge is 2.20. The fraction of sp³-hybridized carbons (Fsp3) is 0.769. The predicted molar refractivity (Wildman–Crippen MR) is 70.0 cm³/mol. The minimum absolute atomic E-state index is 0.844. The molecule has 0 spiro atoms. The number of aryl methyl sites for hydroxylation is 1. The van der Waals surface area contributed by atoms with Gasteiger partial charge in [-0.3, -0.25) is 0 Å². The van der Waals surface area contributed by atoms with E-state index in [0.717, 1.165) is 25.4 Å². The zero-order valence-corrected chi connectivity index (χ0v) is 11.0. The quantitative estimate of drug-likeness (QED) is 0.745. The second kappa shape index (κ2) is 6.17. The molecule has 0 aromatic carbocycles. The Hall–Kier alpha value is -0.870. The van der Waals surface area contributed by atoms with Crippen LogP contribution in [0.15, 0.2) is 12.4 Å². The van der Waals surface area contributed by atoms with Crippen molar-refractivity contribution in [1.29, 1.82) is 0 Å². The minimum Gasteiger partial charge on any atom is -0.338 e. The van der Waals surface area contributed by atoms with E-state index in [1.165, 1.54) is 31.9 Å². The maximum absolute atomic E-state index is 4.33. The molecule has 1 aromatic heterocycles. The van der Waals surface area contributed by atoms with Gasteiger partial charge < -0.3 is 14.8 Å². The fourth-order valence-corrected chi connectivity index (χ4v) is 2.51. The molecule has 1 fully saturated rings. The lowest BCUT2D eigenvalue weighted by atomic mass is 10.1. The Labute approximate surface area is 104 Å². The fourth-order valence-electron chi connectivity index (χ4n) is 2.51. The Morgan fingerprint density at radius 1 is 1.53 bits per heavy atom. The van der Waals surface area contributed by atoms with Gasteiger partial charge in [0.2, 0.25) is 0 Å². The molecule has 1 atom stereocenters. The molecule has 2 rings (SSSR count). The zero-order valence-electron chi connectivity index (χ0n) is 11.0. The van der Waals surface area contributed by atoms with Crippen LogP contribution in [0.1, 0.15) is 19.2 Å². The molecule has 0 radical (unpaired) electrons. The van der Waals surface area contributed by atoms with Crippen molar-refractivity contribution < 1.29 is 0 Å². The lowest BCUT2D eigenvalue weighted by Crippen LogP contribution is -2.28. The molecule has 1 aliphatic rings. The third-order valence-electron chi connectivity index (χ3n) is 3.70. The van der Waals surface area contributed by atoms with Gasteiger partial charge in [-0.15, -0.1) is 0 Å². The number of aromatic nitrogens is 2. The molecule has 4 heteroatoms. The zero-order chi connectivity index (χ0) is 12.1. The van der Waals surface area contributed by atoms with Crippen LogP contribution in [0.5, 0.6) is 0 Å². The first kappa shape index (κ1) is 12.6. The second-order valence-electron chi connectivity index (χ2n) is 4.96. The number of nitrogens with one attached hydrogen (secondary N) is 1. The maximum Gasteiger partial charge on any atom is 0.109 e. The van der Waals surface area contributed by atoms with E-state index in [1.807, 2.05) is 12.4 Å². The molecule has 1 saturated heterocycles. The highest BCUT2D eigenvalue weighted by atomic mass is 15.1. The average Bonchev–Trinajstić information content (AvgIpc) is 2.94. The van der Waals surface area contributed by atoms with Crippen molar-refractivity contribution in [3.05, 3.63) is 18.2 Å². The smallest absolute Gasteiger partial charge is 0.109 e. The van der Waals surface area contributed by atoms with Crippen molar-refractivity contribution in [3.63, 3.8) is 0 Å². The van der Waals surface area contributed by atoms with Gasteiger partial charge in [0, 0.05) is 39.0 Å². The summed E-state index contributed by atoms with van der Waals surface area (Å²) in [4.78, 5) is 6.86. The van der Waals surface area contributed by atoms with E-state index in [4.69, 9.17) is 0 Å². The van der Waals surface area contributed by atoms with E-state index >= 15 is 0 Å². The van der Waals surface area contributed by atoms with Crippen molar-refractivity contribution in [2.24, 2.45) is 13.0 Å². The normalized spacial score (nSPS) is 21.2. The van der Waals surface area contributed by atoms with Crippen molar-refractivity contribution in [1.82, 2.24) is 19.8 Å². The summed E-state index contributed by atoms with van der Waals surface area (Å²) in [5.74, 6) is 2.01. The summed E-state index contributed by atoms with van der Waals surface area (Å²) in [6, 6.07) is 0. The molecule has 4 nitrogen and oxygen atoms in total. The van der Waals surface area contributed by atoms with Gasteiger partial charge in [0.15, 0.2) is 0 Å². The van der Waals surface area contributed by atoms with Gasteiger partial charge in [-0.2, -0.15) is 0 Å². The van der Waals surface area contributed by atoms with Crippen molar-refractivity contribution in [2.75, 3.05) is 32.7 Å². The SMILES string of the molecule is CCN1CCC(CNCCc2nccn2C)C1. The van der Waals surface area contributed by atoms with Gasteiger partial charge in [-0.1, -0.05) is 6.92 Å². The van der Waals surface area contributed by atoms with Gasteiger partial charge in [0.05, 0.1) is 0 Å². The highest BCUT2D eigenvalue weighted by Crippen LogP contribution is 2.14. The second-order valence-corrected chi connectivity index (χ2v) is 4.96. The van der Waals surface area contributed by atoms with Crippen LogP contribution in [-0.2, 0) is 13.5 Å². The Balaban J connectivity index is 1.59. The molecule has 17 heavy (non-hydrogen) atoms. The Bertz CT molecular complexity index is 334. The maximum atomic E-state index is 4.33. The Morgan fingerprint density at radius 3 is 3.06 bits per heavy atom. The minimum atomic E-state index is 0.844. The summed E-state index contributed by atoms with van der Waals surface area (Å²) >= 11 is 0. The summed E-state index contributed by atoms with van der Waals surface area (Å²) in [6.45, 7) is 8.18. The lowest BCUT2D eigenvalue weighted by Gasteiger charge is -2.13. The van der Waals surface area contributed by atoms with E-state index in [0.29, 0.717) is 0 Å². The lowest BCUT2D eigenvalue weighted by molar-refractivity contribution is 0.339. The monoisotopic (exact) mass is 236 g/mol. The summed E-state index contributed by atoms with van der Waals surface area (Å²) < 4.78 is 2.09. The van der Waals surface area contributed by atoms with Crippen LogP contribution in [0.3, 0.4) is 0 Å². The third kappa shape index (κ3) is 3.54. The largest absolute Gasteiger partial charge is 0.338 e. The number of nitrogens with zero attached hydrogens (tertiary/aromatic N) is 3. The number of likely N-dealkylation sites (tertiary alicyclic amines) is 1. The van der Waals surface area contributed by atoms with Crippen molar-refractivity contribution in [3.8, 4) is 0 Å². The standard InChI is InChI=1S/C13H24N4/c1-3-17-8-5-12(11-17)10-14-6-4-13-15-7-9-16(13)2/h7,9,12,14H,3-6,8,10-11H2,1-2H3. The summed E-state index contributed by atoms with van der Waals surface area (Å²) in [5.41, 5.74) is 0. The first-order valence-electron chi connectivity index (χ1n) is 6.69. The van der Waals surface area contributed by atoms with Gasteiger partial charge >= 0.3 is 0 Å². The van der Waals surface area contributed by atoms with Crippen LogP contribution in [0, 0.1) is 5.92 Å². The van der Waals surface area contributed by atoms with Gasteiger partial charge in [-0.05, 0) is 32.0 Å². The van der Waals surface area contributed by atoms with Crippen LogP contribution in [0.25, 0.3) is 0 Å². The molecule has 0 bridgehead atoms. The summed E-state index contributed by atoms with van der Waals surface area (Å²) in [5, 5.41) is 3.56. The number of hydrogen-bond acceptors (Lipinski definition) is 3. The first-order valence-corrected chi connectivity index (χ1v) is 6.69. The van der Waals surface area contributed by atoms with Crippen LogP contribution in [-0.4, -0.2) is 47.2 Å². The number of imidazole rings is 1. The molecule has 1 aliphatic heterocycles. The molecule has 2 heterocycles.